The molecular formula is C25H22F2N5O3P. The molecule has 1 aliphatic carbocycles. The van der Waals surface area contributed by atoms with E-state index in [1.165, 1.54) is 6.07 Å². The summed E-state index contributed by atoms with van der Waals surface area (Å²) in [6, 6.07) is 9.83. The number of benzene rings is 1. The molecule has 0 saturated carbocycles. The fourth-order valence-corrected chi connectivity index (χ4v) is 6.06. The standard InChI is InChI=1S/C25H22F2N5O3P/c1-31-18-9-15(21-14(24(31)33)5-4-6-19(21)35-25(26)27)22-17-10-16(29-12-32(17)30-23(18)22)13-7-8-20(28-11-13)36(2,3)34/h4-8,10-12,15,18,25H,9H2,1-3H3/t15-,18-/m1/s1. The van der Waals surface area contributed by atoms with Gasteiger partial charge in [-0.15, -0.1) is 0 Å². The Morgan fingerprint density at radius 1 is 1.14 bits per heavy atom. The summed E-state index contributed by atoms with van der Waals surface area (Å²) in [7, 11) is -0.782. The number of pyridine rings is 1. The zero-order valence-corrected chi connectivity index (χ0v) is 20.6. The van der Waals surface area contributed by atoms with Crippen LogP contribution < -0.4 is 10.2 Å². The number of hydrogen-bond donors (Lipinski definition) is 0. The van der Waals surface area contributed by atoms with Crippen LogP contribution in [0.3, 0.4) is 0 Å². The first-order chi connectivity index (χ1) is 17.1. The van der Waals surface area contributed by atoms with Gasteiger partial charge in [-0.05, 0) is 50.1 Å². The van der Waals surface area contributed by atoms with E-state index in [0.717, 1.165) is 22.3 Å². The number of aromatic nitrogens is 4. The van der Waals surface area contributed by atoms with Gasteiger partial charge in [0.1, 0.15) is 19.2 Å². The van der Waals surface area contributed by atoms with Gasteiger partial charge in [0.25, 0.3) is 5.91 Å². The first kappa shape index (κ1) is 22.8. The first-order valence-electron chi connectivity index (χ1n) is 11.4. The largest absolute Gasteiger partial charge is 0.434 e. The van der Waals surface area contributed by atoms with Crippen LogP contribution in [0, 0.1) is 0 Å². The Morgan fingerprint density at radius 2 is 1.94 bits per heavy atom. The molecule has 6 rings (SSSR count). The van der Waals surface area contributed by atoms with Gasteiger partial charge in [-0.3, -0.25) is 9.78 Å². The van der Waals surface area contributed by atoms with Gasteiger partial charge in [0.05, 0.1) is 28.4 Å². The van der Waals surface area contributed by atoms with Crippen molar-refractivity contribution in [1.82, 2.24) is 24.5 Å². The van der Waals surface area contributed by atoms with Crippen LogP contribution in [0.5, 0.6) is 5.75 Å². The van der Waals surface area contributed by atoms with Gasteiger partial charge >= 0.3 is 6.61 Å². The minimum atomic E-state index is -3.01. The van der Waals surface area contributed by atoms with Gasteiger partial charge < -0.3 is 14.2 Å². The van der Waals surface area contributed by atoms with Gasteiger partial charge in [0, 0.05) is 41.4 Å². The monoisotopic (exact) mass is 509 g/mol. The maximum atomic E-state index is 13.3. The Bertz CT molecular complexity index is 1580. The number of carbonyl (C=O) groups is 1. The van der Waals surface area contributed by atoms with Crippen molar-refractivity contribution < 1.29 is 22.9 Å². The Morgan fingerprint density at radius 3 is 2.64 bits per heavy atom. The molecule has 3 aromatic heterocycles. The average molecular weight is 509 g/mol. The van der Waals surface area contributed by atoms with E-state index in [1.807, 2.05) is 12.1 Å². The van der Waals surface area contributed by atoms with Gasteiger partial charge in [0.2, 0.25) is 0 Å². The van der Waals surface area contributed by atoms with Gasteiger partial charge in [-0.2, -0.15) is 13.9 Å². The van der Waals surface area contributed by atoms with E-state index in [-0.39, 0.29) is 23.6 Å². The van der Waals surface area contributed by atoms with E-state index in [9.17, 15) is 18.1 Å². The van der Waals surface area contributed by atoms with Crippen LogP contribution in [0.15, 0.2) is 48.9 Å². The van der Waals surface area contributed by atoms with Crippen molar-refractivity contribution in [2.45, 2.75) is 25.0 Å². The smallest absolute Gasteiger partial charge is 0.387 e. The molecule has 4 aromatic rings. The third-order valence-electron chi connectivity index (χ3n) is 6.96. The van der Waals surface area contributed by atoms with E-state index >= 15 is 0 Å². The van der Waals surface area contributed by atoms with Crippen LogP contribution >= 0.6 is 7.14 Å². The summed E-state index contributed by atoms with van der Waals surface area (Å²) in [5.74, 6) is -0.614. The summed E-state index contributed by atoms with van der Waals surface area (Å²) in [5.41, 5.74) is 5.10. The van der Waals surface area contributed by atoms with Crippen molar-refractivity contribution in [2.24, 2.45) is 0 Å². The first-order valence-corrected chi connectivity index (χ1v) is 14.0. The summed E-state index contributed by atoms with van der Waals surface area (Å²) in [5, 5.41) is 4.73. The predicted molar refractivity (Wildman–Crippen MR) is 130 cm³/mol. The van der Waals surface area contributed by atoms with Crippen LogP contribution in [0.4, 0.5) is 8.78 Å². The highest BCUT2D eigenvalue weighted by atomic mass is 31.2. The molecule has 2 bridgehead atoms. The fraction of sp³-hybridized carbons (Fsp3) is 0.280. The lowest BCUT2D eigenvalue weighted by atomic mass is 9.88. The van der Waals surface area contributed by atoms with Crippen molar-refractivity contribution in [1.29, 1.82) is 0 Å². The van der Waals surface area contributed by atoms with Crippen LogP contribution in [-0.4, -0.2) is 57.4 Å². The summed E-state index contributed by atoms with van der Waals surface area (Å²) in [6.45, 7) is 0.323. The SMILES string of the molecule is CN1C(=O)c2cccc(OC(F)F)c2[C@H]2C[C@@H]1c1nn3cnc(-c4ccc(P(C)(C)=O)nc4)cc3c12. The Hall–Kier alpha value is -3.65. The number of hydrogen-bond acceptors (Lipinski definition) is 6. The van der Waals surface area contributed by atoms with E-state index in [4.69, 9.17) is 9.84 Å². The molecule has 1 aromatic carbocycles. The molecular weight excluding hydrogens is 487 g/mol. The second kappa shape index (κ2) is 7.93. The highest BCUT2D eigenvalue weighted by Crippen LogP contribution is 2.53. The molecule has 2 atom stereocenters. The van der Waals surface area contributed by atoms with Crippen LogP contribution in [0.1, 0.15) is 45.6 Å². The summed E-state index contributed by atoms with van der Waals surface area (Å²) < 4.78 is 45.4. The fourth-order valence-electron chi connectivity index (χ4n) is 5.29. The van der Waals surface area contributed by atoms with E-state index in [0.29, 0.717) is 28.7 Å². The van der Waals surface area contributed by atoms with Crippen molar-refractivity contribution in [3.05, 3.63) is 71.3 Å². The molecule has 11 heteroatoms. The number of amides is 1. The Labute approximate surface area is 205 Å². The molecule has 1 aliphatic heterocycles. The number of fused-ring (bicyclic) bond motifs is 9. The van der Waals surface area contributed by atoms with Crippen LogP contribution in [0.2, 0.25) is 0 Å². The van der Waals surface area contributed by atoms with Crippen molar-refractivity contribution in [3.63, 3.8) is 0 Å². The third-order valence-corrected chi connectivity index (χ3v) is 8.33. The van der Waals surface area contributed by atoms with Crippen LogP contribution in [0.25, 0.3) is 16.8 Å². The lowest BCUT2D eigenvalue weighted by Gasteiger charge is -2.23. The minimum Gasteiger partial charge on any atom is -0.434 e. The molecule has 0 N–H and O–H groups in total. The Balaban J connectivity index is 1.53. The van der Waals surface area contributed by atoms with Gasteiger partial charge in [-0.25, -0.2) is 9.50 Å². The third kappa shape index (κ3) is 3.43. The average Bonchev–Trinajstić information content (AvgIpc) is 3.36. The molecule has 4 heterocycles. The maximum absolute atomic E-state index is 13.3. The van der Waals surface area contributed by atoms with E-state index < -0.39 is 13.8 Å². The number of nitrogens with zero attached hydrogens (tertiary/aromatic N) is 5. The molecule has 0 saturated heterocycles. The lowest BCUT2D eigenvalue weighted by Crippen LogP contribution is -2.30. The Kier molecular flexibility index (Phi) is 5.02. The molecule has 0 fully saturated rings. The zero-order chi connectivity index (χ0) is 25.4. The predicted octanol–water partition coefficient (Wildman–Crippen LogP) is 4.30. The van der Waals surface area contributed by atoms with Crippen molar-refractivity contribution >= 4 is 24.0 Å². The molecule has 0 radical (unpaired) electrons. The quantitative estimate of drug-likeness (QED) is 0.381. The normalized spacial score (nSPS) is 18.9. The van der Waals surface area contributed by atoms with Gasteiger partial charge in [-0.1, -0.05) is 6.07 Å². The number of halogens is 2. The molecule has 2 aliphatic rings. The topological polar surface area (TPSA) is 89.7 Å². The maximum Gasteiger partial charge on any atom is 0.387 e. The molecule has 1 amide bonds. The molecule has 36 heavy (non-hydrogen) atoms. The second-order valence-electron chi connectivity index (χ2n) is 9.47. The summed E-state index contributed by atoms with van der Waals surface area (Å²) >= 11 is 0. The molecule has 184 valence electrons. The summed E-state index contributed by atoms with van der Waals surface area (Å²) in [6.07, 6.45) is 3.76. The second-order valence-corrected chi connectivity index (χ2v) is 12.6. The van der Waals surface area contributed by atoms with Crippen molar-refractivity contribution in [2.75, 3.05) is 20.4 Å². The highest BCUT2D eigenvalue weighted by molar-refractivity contribution is 7.69. The number of ether oxygens (including phenoxy) is 1. The van der Waals surface area contributed by atoms with Crippen molar-refractivity contribution in [3.8, 4) is 17.0 Å². The van der Waals surface area contributed by atoms with E-state index in [2.05, 4.69) is 9.97 Å². The zero-order valence-electron chi connectivity index (χ0n) is 19.7. The highest BCUT2D eigenvalue weighted by Gasteiger charge is 2.46. The number of rotatable bonds is 4. The summed E-state index contributed by atoms with van der Waals surface area (Å²) in [4.78, 5) is 23.7. The molecule has 8 nitrogen and oxygen atoms in total. The number of alkyl halides is 2. The van der Waals surface area contributed by atoms with E-state index in [1.54, 1.807) is 60.5 Å². The number of carbonyl (C=O) groups excluding carboxylic acids is 1. The van der Waals surface area contributed by atoms with Crippen LogP contribution in [-0.2, 0) is 4.57 Å². The molecule has 0 spiro atoms. The minimum absolute atomic E-state index is 0.000251. The van der Waals surface area contributed by atoms with Gasteiger partial charge in [0.15, 0.2) is 0 Å². The molecule has 0 unspecified atom stereocenters. The lowest BCUT2D eigenvalue weighted by molar-refractivity contribution is -0.0505.